The molecule has 0 saturated heterocycles. The van der Waals surface area contributed by atoms with Gasteiger partial charge in [-0.25, -0.2) is 0 Å². The molecule has 5 heteroatoms. The number of hydrogen-bond acceptors (Lipinski definition) is 5. The van der Waals surface area contributed by atoms with Crippen LogP contribution >= 0.6 is 0 Å². The Kier molecular flexibility index (Phi) is 3.48. The first-order valence-corrected chi connectivity index (χ1v) is 6.72. The summed E-state index contributed by atoms with van der Waals surface area (Å²) < 4.78 is 16.0. The van der Waals surface area contributed by atoms with E-state index in [1.165, 1.54) is 0 Å². The lowest BCUT2D eigenvalue weighted by atomic mass is 9.89. The van der Waals surface area contributed by atoms with Gasteiger partial charge in [-0.1, -0.05) is 0 Å². The highest BCUT2D eigenvalue weighted by atomic mass is 16.7. The average Bonchev–Trinajstić information content (AvgIpc) is 2.78. The third-order valence-corrected chi connectivity index (χ3v) is 3.65. The summed E-state index contributed by atoms with van der Waals surface area (Å²) in [5.74, 6) is 1.56. The molecule has 5 nitrogen and oxygen atoms in total. The van der Waals surface area contributed by atoms with Gasteiger partial charge in [0, 0.05) is 30.8 Å². The minimum atomic E-state index is 0.227. The lowest BCUT2D eigenvalue weighted by Crippen LogP contribution is -2.45. The zero-order chi connectivity index (χ0) is 13.2. The maximum absolute atomic E-state index is 9.91. The summed E-state index contributed by atoms with van der Waals surface area (Å²) in [6, 6.07) is 3.92. The van der Waals surface area contributed by atoms with Crippen molar-refractivity contribution in [1.29, 1.82) is 0 Å². The van der Waals surface area contributed by atoms with Crippen LogP contribution < -0.4 is 14.8 Å². The average molecular weight is 265 g/mol. The Bertz CT molecular complexity index is 457. The van der Waals surface area contributed by atoms with Crippen molar-refractivity contribution in [3.05, 3.63) is 17.7 Å². The van der Waals surface area contributed by atoms with Crippen LogP contribution in [0.15, 0.2) is 12.1 Å². The molecule has 104 valence electrons. The Hall–Kier alpha value is -1.46. The Morgan fingerprint density at radius 2 is 2.05 bits per heavy atom. The first kappa shape index (κ1) is 12.6. The van der Waals surface area contributed by atoms with Gasteiger partial charge in [-0.05, 0) is 25.8 Å². The van der Waals surface area contributed by atoms with E-state index in [0.29, 0.717) is 30.2 Å². The summed E-state index contributed by atoms with van der Waals surface area (Å²) in [6.07, 6.45) is 2.48. The van der Waals surface area contributed by atoms with Gasteiger partial charge in [-0.3, -0.25) is 0 Å². The van der Waals surface area contributed by atoms with E-state index < -0.39 is 0 Å². The molecule has 1 aromatic rings. The maximum atomic E-state index is 9.91. The van der Waals surface area contributed by atoms with E-state index in [2.05, 4.69) is 5.32 Å². The van der Waals surface area contributed by atoms with Crippen LogP contribution in [0.1, 0.15) is 25.3 Å². The number of ether oxygens (including phenoxy) is 3. The summed E-state index contributed by atoms with van der Waals surface area (Å²) >= 11 is 0. The van der Waals surface area contributed by atoms with Crippen molar-refractivity contribution in [1.82, 2.24) is 5.32 Å². The van der Waals surface area contributed by atoms with Gasteiger partial charge < -0.3 is 24.6 Å². The highest BCUT2D eigenvalue weighted by Crippen LogP contribution is 2.37. The van der Waals surface area contributed by atoms with E-state index in [-0.39, 0.29) is 12.5 Å². The molecule has 0 atom stereocenters. The van der Waals surface area contributed by atoms with Crippen LogP contribution in [0.25, 0.3) is 0 Å². The van der Waals surface area contributed by atoms with Crippen LogP contribution in [-0.4, -0.2) is 30.7 Å². The molecule has 1 aromatic carbocycles. The molecule has 0 amide bonds. The summed E-state index contributed by atoms with van der Waals surface area (Å²) in [7, 11) is 0. The number of benzene rings is 1. The highest BCUT2D eigenvalue weighted by molar-refractivity contribution is 5.51. The van der Waals surface area contributed by atoms with Crippen molar-refractivity contribution in [2.45, 2.75) is 38.5 Å². The fourth-order valence-corrected chi connectivity index (χ4v) is 2.47. The first-order valence-electron chi connectivity index (χ1n) is 6.72. The highest BCUT2D eigenvalue weighted by Gasteiger charge is 2.29. The van der Waals surface area contributed by atoms with E-state index in [0.717, 1.165) is 25.0 Å². The van der Waals surface area contributed by atoms with Crippen LogP contribution in [0, 0.1) is 0 Å². The normalized spacial score (nSPS) is 24.3. The van der Waals surface area contributed by atoms with Crippen LogP contribution in [0.3, 0.4) is 0 Å². The van der Waals surface area contributed by atoms with Gasteiger partial charge in [0.05, 0.1) is 6.10 Å². The fraction of sp³-hybridized carbons (Fsp3) is 0.571. The first-order chi connectivity index (χ1) is 9.26. The third kappa shape index (κ3) is 2.62. The molecule has 0 bridgehead atoms. The van der Waals surface area contributed by atoms with Crippen molar-refractivity contribution in [2.75, 3.05) is 13.4 Å². The lowest BCUT2D eigenvalue weighted by molar-refractivity contribution is -0.0102. The van der Waals surface area contributed by atoms with E-state index in [4.69, 9.17) is 14.2 Å². The summed E-state index contributed by atoms with van der Waals surface area (Å²) in [6.45, 7) is 3.65. The van der Waals surface area contributed by atoms with Gasteiger partial charge in [0.25, 0.3) is 0 Å². The largest absolute Gasteiger partial charge is 0.507 e. The fourth-order valence-electron chi connectivity index (χ4n) is 2.47. The molecule has 1 heterocycles. The van der Waals surface area contributed by atoms with Gasteiger partial charge in [0.1, 0.15) is 5.75 Å². The minimum absolute atomic E-state index is 0.227. The standard InChI is InChI=1S/C14H19NO4/c1-2-17-11-4-10(5-11)15-7-9-3-13-14(6-12(9)16)19-8-18-13/h3,6,10-11,15-16H,2,4-5,7-8H2,1H3. The molecular weight excluding hydrogens is 246 g/mol. The van der Waals surface area contributed by atoms with Gasteiger partial charge in [-0.15, -0.1) is 0 Å². The smallest absolute Gasteiger partial charge is 0.231 e. The van der Waals surface area contributed by atoms with Crippen molar-refractivity contribution in [3.63, 3.8) is 0 Å². The van der Waals surface area contributed by atoms with Crippen LogP contribution in [-0.2, 0) is 11.3 Å². The molecule has 3 rings (SSSR count). The van der Waals surface area contributed by atoms with E-state index >= 15 is 0 Å². The molecule has 0 aromatic heterocycles. The number of rotatable bonds is 5. The van der Waals surface area contributed by atoms with E-state index in [1.807, 2.05) is 13.0 Å². The number of nitrogens with one attached hydrogen (secondary N) is 1. The molecular formula is C14H19NO4. The molecule has 0 unspecified atom stereocenters. The van der Waals surface area contributed by atoms with Gasteiger partial charge in [0.15, 0.2) is 11.5 Å². The second-order valence-electron chi connectivity index (χ2n) is 4.96. The number of fused-ring (bicyclic) bond motifs is 1. The topological polar surface area (TPSA) is 60.0 Å². The van der Waals surface area contributed by atoms with Crippen LogP contribution in [0.4, 0.5) is 0 Å². The molecule has 19 heavy (non-hydrogen) atoms. The Morgan fingerprint density at radius 1 is 1.32 bits per heavy atom. The molecule has 0 spiro atoms. The second-order valence-corrected chi connectivity index (χ2v) is 4.96. The Morgan fingerprint density at radius 3 is 2.79 bits per heavy atom. The molecule has 2 aliphatic rings. The van der Waals surface area contributed by atoms with Crippen molar-refractivity contribution >= 4 is 0 Å². The summed E-state index contributed by atoms with van der Waals surface area (Å²) in [5.41, 5.74) is 0.837. The van der Waals surface area contributed by atoms with Crippen molar-refractivity contribution < 1.29 is 19.3 Å². The van der Waals surface area contributed by atoms with Gasteiger partial charge >= 0.3 is 0 Å². The number of phenolic OH excluding ortho intramolecular Hbond substituents is 1. The molecule has 2 N–H and O–H groups in total. The molecule has 1 aliphatic carbocycles. The zero-order valence-corrected chi connectivity index (χ0v) is 11.0. The van der Waals surface area contributed by atoms with Crippen molar-refractivity contribution in [2.24, 2.45) is 0 Å². The zero-order valence-electron chi connectivity index (χ0n) is 11.0. The third-order valence-electron chi connectivity index (χ3n) is 3.65. The molecule has 1 fully saturated rings. The number of aromatic hydroxyl groups is 1. The van der Waals surface area contributed by atoms with E-state index in [9.17, 15) is 5.11 Å². The SMILES string of the molecule is CCOC1CC(NCc2cc3c(cc2O)OCO3)C1. The molecule has 1 aliphatic heterocycles. The van der Waals surface area contributed by atoms with E-state index in [1.54, 1.807) is 6.07 Å². The van der Waals surface area contributed by atoms with Crippen LogP contribution in [0.2, 0.25) is 0 Å². The predicted octanol–water partition coefficient (Wildman–Crippen LogP) is 1.78. The monoisotopic (exact) mass is 265 g/mol. The number of hydrogen-bond donors (Lipinski definition) is 2. The molecule has 0 radical (unpaired) electrons. The quantitative estimate of drug-likeness (QED) is 0.849. The van der Waals surface area contributed by atoms with Gasteiger partial charge in [-0.2, -0.15) is 0 Å². The van der Waals surface area contributed by atoms with Gasteiger partial charge in [0.2, 0.25) is 6.79 Å². The summed E-state index contributed by atoms with van der Waals surface area (Å²) in [4.78, 5) is 0. The van der Waals surface area contributed by atoms with Crippen molar-refractivity contribution in [3.8, 4) is 17.2 Å². The molecule has 1 saturated carbocycles. The second kappa shape index (κ2) is 5.27. The predicted molar refractivity (Wildman–Crippen MR) is 69.5 cm³/mol. The Balaban J connectivity index is 1.54. The van der Waals surface area contributed by atoms with Crippen LogP contribution in [0.5, 0.6) is 17.2 Å². The lowest BCUT2D eigenvalue weighted by Gasteiger charge is -2.35. The Labute approximate surface area is 112 Å². The summed E-state index contributed by atoms with van der Waals surface area (Å²) in [5, 5.41) is 13.3. The minimum Gasteiger partial charge on any atom is -0.507 e. The maximum Gasteiger partial charge on any atom is 0.231 e. The number of phenols is 1.